The molecule has 0 spiro atoms. The number of rotatable bonds is 7. The number of morpholine rings is 1. The first-order chi connectivity index (χ1) is 13.0. The second-order valence-electron chi connectivity index (χ2n) is 6.28. The third-order valence-electron chi connectivity index (χ3n) is 4.32. The van der Waals surface area contributed by atoms with Crippen molar-refractivity contribution in [1.29, 1.82) is 0 Å². The Morgan fingerprint density at radius 1 is 1.33 bits per heavy atom. The molecule has 2 heterocycles. The number of carbonyl (C=O) groups is 1. The van der Waals surface area contributed by atoms with Gasteiger partial charge in [-0.3, -0.25) is 9.69 Å². The molecule has 0 saturated carbocycles. The maximum atomic E-state index is 13.8. The molecule has 6 nitrogen and oxygen atoms in total. The van der Waals surface area contributed by atoms with Crippen molar-refractivity contribution < 1.29 is 23.1 Å². The van der Waals surface area contributed by atoms with Crippen LogP contribution in [0.2, 0.25) is 0 Å². The van der Waals surface area contributed by atoms with Gasteiger partial charge in [-0.25, -0.2) is 4.39 Å². The molecule has 8 heteroatoms. The predicted octanol–water partition coefficient (Wildman–Crippen LogP) is 3.06. The molecule has 2 aromatic rings. The molecule has 1 atom stereocenters. The van der Waals surface area contributed by atoms with E-state index >= 15 is 0 Å². The van der Waals surface area contributed by atoms with Gasteiger partial charge in [0.05, 0.1) is 19.3 Å². The van der Waals surface area contributed by atoms with Crippen molar-refractivity contribution in [1.82, 2.24) is 10.2 Å². The summed E-state index contributed by atoms with van der Waals surface area (Å²) in [4.78, 5) is 14.4. The summed E-state index contributed by atoms with van der Waals surface area (Å²) in [6.45, 7) is 4.83. The molecule has 1 unspecified atom stereocenters. The Kier molecular flexibility index (Phi) is 6.87. The summed E-state index contributed by atoms with van der Waals surface area (Å²) in [5, 5.41) is 2.85. The second kappa shape index (κ2) is 9.34. The molecule has 1 aliphatic heterocycles. The van der Waals surface area contributed by atoms with Gasteiger partial charge in [0, 0.05) is 24.1 Å². The van der Waals surface area contributed by atoms with Crippen LogP contribution in [-0.4, -0.2) is 50.3 Å². The summed E-state index contributed by atoms with van der Waals surface area (Å²) in [6, 6.07) is 8.18. The highest BCUT2D eigenvalue weighted by molar-refractivity contribution is 9.10. The molecule has 1 saturated heterocycles. The van der Waals surface area contributed by atoms with E-state index in [9.17, 15) is 9.18 Å². The van der Waals surface area contributed by atoms with E-state index in [1.165, 1.54) is 12.1 Å². The highest BCUT2D eigenvalue weighted by atomic mass is 79.9. The lowest BCUT2D eigenvalue weighted by atomic mass is 10.1. The van der Waals surface area contributed by atoms with Crippen molar-refractivity contribution in [3.05, 3.63) is 52.1 Å². The Morgan fingerprint density at radius 2 is 2.11 bits per heavy atom. The lowest BCUT2D eigenvalue weighted by Crippen LogP contribution is -2.44. The molecule has 3 rings (SSSR count). The number of benzene rings is 1. The van der Waals surface area contributed by atoms with E-state index in [4.69, 9.17) is 13.9 Å². The minimum Gasteiger partial charge on any atom is -0.481 e. The average molecular weight is 441 g/mol. The van der Waals surface area contributed by atoms with Crippen LogP contribution in [-0.2, 0) is 9.53 Å². The fourth-order valence-corrected chi connectivity index (χ4v) is 3.26. The van der Waals surface area contributed by atoms with E-state index in [1.54, 1.807) is 6.07 Å². The second-order valence-corrected chi connectivity index (χ2v) is 7.20. The van der Waals surface area contributed by atoms with E-state index in [0.29, 0.717) is 24.2 Å². The van der Waals surface area contributed by atoms with Crippen LogP contribution in [0.25, 0.3) is 0 Å². The van der Waals surface area contributed by atoms with E-state index in [2.05, 4.69) is 26.1 Å². The number of furan rings is 1. The number of aryl methyl sites for hydroxylation is 1. The summed E-state index contributed by atoms with van der Waals surface area (Å²) in [5.41, 5.74) is 0. The van der Waals surface area contributed by atoms with Crippen LogP contribution in [0.3, 0.4) is 0 Å². The van der Waals surface area contributed by atoms with Crippen molar-refractivity contribution in [2.45, 2.75) is 13.0 Å². The van der Waals surface area contributed by atoms with E-state index in [0.717, 1.165) is 24.6 Å². The van der Waals surface area contributed by atoms with Gasteiger partial charge in [0.25, 0.3) is 5.91 Å². The third-order valence-corrected chi connectivity index (χ3v) is 4.81. The van der Waals surface area contributed by atoms with Gasteiger partial charge in [-0.05, 0) is 37.3 Å². The lowest BCUT2D eigenvalue weighted by molar-refractivity contribution is -0.123. The molecule has 1 aromatic carbocycles. The fraction of sp³-hybridized carbons (Fsp3) is 0.421. The zero-order valence-electron chi connectivity index (χ0n) is 15.0. The van der Waals surface area contributed by atoms with Crippen LogP contribution in [0.5, 0.6) is 5.75 Å². The zero-order valence-corrected chi connectivity index (χ0v) is 16.6. The molecular formula is C19H22BrFN2O4. The highest BCUT2D eigenvalue weighted by Gasteiger charge is 2.25. The van der Waals surface area contributed by atoms with Crippen LogP contribution in [0, 0.1) is 12.7 Å². The van der Waals surface area contributed by atoms with Crippen LogP contribution in [0.1, 0.15) is 17.6 Å². The third kappa shape index (κ3) is 5.54. The zero-order chi connectivity index (χ0) is 19.2. The summed E-state index contributed by atoms with van der Waals surface area (Å²) in [6.07, 6.45) is 0. The van der Waals surface area contributed by atoms with Crippen molar-refractivity contribution in [3.8, 4) is 5.75 Å². The number of nitrogens with one attached hydrogen (secondary N) is 1. The Balaban J connectivity index is 1.56. The molecular weight excluding hydrogens is 419 g/mol. The topological polar surface area (TPSA) is 63.9 Å². The van der Waals surface area contributed by atoms with Gasteiger partial charge in [0.2, 0.25) is 0 Å². The molecule has 1 N–H and O–H groups in total. The van der Waals surface area contributed by atoms with Gasteiger partial charge in [0.15, 0.2) is 18.2 Å². The minimum atomic E-state index is -0.519. The first-order valence-electron chi connectivity index (χ1n) is 8.75. The van der Waals surface area contributed by atoms with Gasteiger partial charge in [0.1, 0.15) is 11.5 Å². The smallest absolute Gasteiger partial charge is 0.258 e. The van der Waals surface area contributed by atoms with E-state index in [-0.39, 0.29) is 24.3 Å². The fourth-order valence-electron chi connectivity index (χ4n) is 2.93. The van der Waals surface area contributed by atoms with Crippen LogP contribution in [0.15, 0.2) is 39.2 Å². The molecule has 0 aliphatic carbocycles. The molecule has 27 heavy (non-hydrogen) atoms. The Hall–Kier alpha value is -1.90. The monoisotopic (exact) mass is 440 g/mol. The molecule has 1 amide bonds. The number of amides is 1. The van der Waals surface area contributed by atoms with E-state index < -0.39 is 5.82 Å². The molecule has 146 valence electrons. The normalized spacial score (nSPS) is 16.1. The maximum absolute atomic E-state index is 13.8. The number of hydrogen-bond donors (Lipinski definition) is 1. The van der Waals surface area contributed by atoms with E-state index in [1.807, 2.05) is 19.1 Å². The first kappa shape index (κ1) is 19.9. The highest BCUT2D eigenvalue weighted by Crippen LogP contribution is 2.24. The van der Waals surface area contributed by atoms with Crippen molar-refractivity contribution in [2.75, 3.05) is 39.5 Å². The van der Waals surface area contributed by atoms with Gasteiger partial charge in [-0.1, -0.05) is 15.9 Å². The standard InChI is InChI=1S/C19H22BrFN2O4/c1-13-2-4-18(27-13)16(23-6-8-25-9-7-23)11-22-19(24)12-26-17-5-3-14(20)10-15(17)21/h2-5,10,16H,6-9,11-12H2,1H3,(H,22,24). The summed E-state index contributed by atoms with van der Waals surface area (Å²) in [5.74, 6) is 0.825. The Labute approximate surface area is 165 Å². The van der Waals surface area contributed by atoms with Gasteiger partial charge in [-0.2, -0.15) is 0 Å². The van der Waals surface area contributed by atoms with Crippen molar-refractivity contribution >= 4 is 21.8 Å². The Bertz CT molecular complexity index is 777. The van der Waals surface area contributed by atoms with Crippen LogP contribution >= 0.6 is 15.9 Å². The van der Waals surface area contributed by atoms with Gasteiger partial charge >= 0.3 is 0 Å². The molecule has 1 fully saturated rings. The SMILES string of the molecule is Cc1ccc(C(CNC(=O)COc2ccc(Br)cc2F)N2CCOCC2)o1. The summed E-state index contributed by atoms with van der Waals surface area (Å²) in [7, 11) is 0. The number of carbonyl (C=O) groups excluding carboxylic acids is 1. The van der Waals surface area contributed by atoms with Crippen molar-refractivity contribution in [3.63, 3.8) is 0 Å². The number of ether oxygens (including phenoxy) is 2. The first-order valence-corrected chi connectivity index (χ1v) is 9.55. The number of hydrogen-bond acceptors (Lipinski definition) is 5. The van der Waals surface area contributed by atoms with Gasteiger partial charge < -0.3 is 19.2 Å². The van der Waals surface area contributed by atoms with Crippen LogP contribution < -0.4 is 10.1 Å². The summed E-state index contributed by atoms with van der Waals surface area (Å²) < 4.78 is 30.8. The van der Waals surface area contributed by atoms with Gasteiger partial charge in [-0.15, -0.1) is 0 Å². The molecule has 1 aliphatic rings. The Morgan fingerprint density at radius 3 is 2.78 bits per heavy atom. The van der Waals surface area contributed by atoms with Crippen LogP contribution in [0.4, 0.5) is 4.39 Å². The molecule has 0 bridgehead atoms. The summed E-state index contributed by atoms with van der Waals surface area (Å²) >= 11 is 3.18. The largest absolute Gasteiger partial charge is 0.481 e. The average Bonchev–Trinajstić information content (AvgIpc) is 3.08. The van der Waals surface area contributed by atoms with Crippen molar-refractivity contribution in [2.24, 2.45) is 0 Å². The lowest BCUT2D eigenvalue weighted by Gasteiger charge is -2.33. The minimum absolute atomic E-state index is 0.0414. The maximum Gasteiger partial charge on any atom is 0.258 e. The molecule has 0 radical (unpaired) electrons. The number of halogens is 2. The predicted molar refractivity (Wildman–Crippen MR) is 101 cm³/mol. The number of nitrogens with zero attached hydrogens (tertiary/aromatic N) is 1. The quantitative estimate of drug-likeness (QED) is 0.716. The molecule has 1 aromatic heterocycles.